The van der Waals surface area contributed by atoms with Gasteiger partial charge in [0, 0.05) is 17.0 Å². The molecule has 0 bridgehead atoms. The fourth-order valence-electron chi connectivity index (χ4n) is 1.59. The fourth-order valence-corrected chi connectivity index (χ4v) is 2.31. The highest BCUT2D eigenvalue weighted by atomic mass is 32.2. The predicted octanol–water partition coefficient (Wildman–Crippen LogP) is 2.69. The summed E-state index contributed by atoms with van der Waals surface area (Å²) < 4.78 is 0.422. The van der Waals surface area contributed by atoms with E-state index in [1.54, 1.807) is 12.1 Å². The quantitative estimate of drug-likeness (QED) is 0.826. The lowest BCUT2D eigenvalue weighted by atomic mass is 10.2. The second kappa shape index (κ2) is 4.37. The van der Waals surface area contributed by atoms with Crippen LogP contribution in [0.15, 0.2) is 24.3 Å². The van der Waals surface area contributed by atoms with Crippen molar-refractivity contribution in [1.29, 1.82) is 0 Å². The minimum absolute atomic E-state index is 0.330. The highest BCUT2D eigenvalue weighted by Crippen LogP contribution is 2.46. The third kappa shape index (κ3) is 2.50. The fraction of sp³-hybridized carbons (Fsp3) is 0.417. The van der Waals surface area contributed by atoms with Crippen molar-refractivity contribution in [2.45, 2.75) is 17.6 Å². The number of carbonyl (C=O) groups is 1. The summed E-state index contributed by atoms with van der Waals surface area (Å²) in [6, 6.07) is 6.90. The Labute approximate surface area is 99.2 Å². The van der Waals surface area contributed by atoms with Crippen LogP contribution in [0, 0.1) is 0 Å². The number of nitrogens with one attached hydrogen (secondary N) is 1. The first-order valence-electron chi connectivity index (χ1n) is 5.28. The van der Waals surface area contributed by atoms with Gasteiger partial charge in [0.05, 0.1) is 5.56 Å². The number of aromatic carboxylic acids is 1. The van der Waals surface area contributed by atoms with Gasteiger partial charge >= 0.3 is 5.97 Å². The summed E-state index contributed by atoms with van der Waals surface area (Å²) in [5, 5.41) is 12.1. The Kier molecular flexibility index (Phi) is 3.10. The molecule has 0 radical (unpaired) electrons. The van der Waals surface area contributed by atoms with Crippen LogP contribution in [0.2, 0.25) is 0 Å². The van der Waals surface area contributed by atoms with Crippen LogP contribution in [0.1, 0.15) is 23.2 Å². The lowest BCUT2D eigenvalue weighted by Gasteiger charge is -2.14. The maximum atomic E-state index is 10.7. The molecule has 1 aromatic rings. The van der Waals surface area contributed by atoms with Crippen LogP contribution in [0.4, 0.5) is 5.69 Å². The van der Waals surface area contributed by atoms with Crippen molar-refractivity contribution in [2.75, 3.05) is 18.1 Å². The number of rotatable bonds is 5. The lowest BCUT2D eigenvalue weighted by molar-refractivity contribution is 0.0697. The predicted molar refractivity (Wildman–Crippen MR) is 67.4 cm³/mol. The van der Waals surface area contributed by atoms with Crippen LogP contribution in [-0.2, 0) is 0 Å². The van der Waals surface area contributed by atoms with Crippen LogP contribution >= 0.6 is 11.8 Å². The number of carboxylic acids is 1. The molecule has 2 rings (SSSR count). The summed E-state index contributed by atoms with van der Waals surface area (Å²) in [6.07, 6.45) is 4.69. The summed E-state index contributed by atoms with van der Waals surface area (Å²) in [6.45, 7) is 0.959. The topological polar surface area (TPSA) is 49.3 Å². The van der Waals surface area contributed by atoms with Crippen LogP contribution in [0.3, 0.4) is 0 Å². The van der Waals surface area contributed by atoms with Gasteiger partial charge in [0.2, 0.25) is 0 Å². The largest absolute Gasteiger partial charge is 0.478 e. The van der Waals surface area contributed by atoms with E-state index in [0.717, 1.165) is 12.2 Å². The molecule has 0 aromatic heterocycles. The van der Waals surface area contributed by atoms with E-state index in [-0.39, 0.29) is 0 Å². The Balaban J connectivity index is 1.93. The highest BCUT2D eigenvalue weighted by Gasteiger charge is 2.41. The molecule has 0 spiro atoms. The van der Waals surface area contributed by atoms with Gasteiger partial charge in [-0.25, -0.2) is 4.79 Å². The average Bonchev–Trinajstić information content (AvgIpc) is 3.08. The number of anilines is 1. The second-order valence-corrected chi connectivity index (χ2v) is 5.40. The third-order valence-corrected chi connectivity index (χ3v) is 4.41. The smallest absolute Gasteiger partial charge is 0.335 e. The van der Waals surface area contributed by atoms with Gasteiger partial charge in [0.1, 0.15) is 0 Å². The molecule has 1 fully saturated rings. The molecule has 0 atom stereocenters. The van der Waals surface area contributed by atoms with Crippen LogP contribution in [0.25, 0.3) is 0 Å². The zero-order valence-electron chi connectivity index (χ0n) is 9.19. The minimum atomic E-state index is -0.880. The second-order valence-electron chi connectivity index (χ2n) is 4.12. The van der Waals surface area contributed by atoms with E-state index in [1.807, 2.05) is 23.9 Å². The van der Waals surface area contributed by atoms with Crippen molar-refractivity contribution in [1.82, 2.24) is 0 Å². The van der Waals surface area contributed by atoms with E-state index in [2.05, 4.69) is 11.6 Å². The zero-order valence-corrected chi connectivity index (χ0v) is 10.0. The van der Waals surface area contributed by atoms with Gasteiger partial charge in [-0.3, -0.25) is 0 Å². The van der Waals surface area contributed by atoms with Crippen LogP contribution in [0.5, 0.6) is 0 Å². The molecule has 0 amide bonds. The van der Waals surface area contributed by atoms with Gasteiger partial charge in [-0.15, -0.1) is 0 Å². The first-order valence-corrected chi connectivity index (χ1v) is 6.50. The van der Waals surface area contributed by atoms with Gasteiger partial charge in [-0.2, -0.15) is 11.8 Å². The van der Waals surface area contributed by atoms with Crippen molar-refractivity contribution in [3.8, 4) is 0 Å². The maximum Gasteiger partial charge on any atom is 0.335 e. The monoisotopic (exact) mass is 237 g/mol. The number of hydrogen-bond acceptors (Lipinski definition) is 3. The normalized spacial score (nSPS) is 16.8. The number of hydrogen-bond donors (Lipinski definition) is 2. The third-order valence-electron chi connectivity index (χ3n) is 2.99. The molecule has 16 heavy (non-hydrogen) atoms. The van der Waals surface area contributed by atoms with E-state index in [1.165, 1.54) is 12.8 Å². The van der Waals surface area contributed by atoms with E-state index < -0.39 is 5.97 Å². The summed E-state index contributed by atoms with van der Waals surface area (Å²) in [7, 11) is 0. The molecule has 0 unspecified atom stereocenters. The molecule has 0 heterocycles. The van der Waals surface area contributed by atoms with Crippen LogP contribution < -0.4 is 5.32 Å². The standard InChI is InChI=1S/C12H15NO2S/c1-16-12(6-7-12)8-13-10-4-2-9(3-5-10)11(14)15/h2-5,13H,6-8H2,1H3,(H,14,15). The molecule has 1 aromatic carbocycles. The molecule has 1 aliphatic carbocycles. The Morgan fingerprint density at radius 2 is 2.06 bits per heavy atom. The molecule has 0 aliphatic heterocycles. The molecule has 2 N–H and O–H groups in total. The Morgan fingerprint density at radius 3 is 2.50 bits per heavy atom. The highest BCUT2D eigenvalue weighted by molar-refractivity contribution is 8.00. The molecule has 4 heteroatoms. The summed E-state index contributed by atoms with van der Waals surface area (Å²) in [5.74, 6) is -0.880. The van der Waals surface area contributed by atoms with Gasteiger partial charge in [0.15, 0.2) is 0 Å². The van der Waals surface area contributed by atoms with E-state index in [0.29, 0.717) is 10.3 Å². The molecular weight excluding hydrogens is 222 g/mol. The molecular formula is C12H15NO2S. The van der Waals surface area contributed by atoms with E-state index in [9.17, 15) is 4.79 Å². The first-order chi connectivity index (χ1) is 7.65. The minimum Gasteiger partial charge on any atom is -0.478 e. The Hall–Kier alpha value is -1.16. The van der Waals surface area contributed by atoms with Crippen molar-refractivity contribution in [3.63, 3.8) is 0 Å². The number of benzene rings is 1. The number of carboxylic acid groups (broad SMARTS) is 1. The van der Waals surface area contributed by atoms with Gasteiger partial charge in [-0.1, -0.05) is 0 Å². The van der Waals surface area contributed by atoms with Crippen molar-refractivity contribution < 1.29 is 9.90 Å². The van der Waals surface area contributed by atoms with Gasteiger partial charge in [-0.05, 0) is 43.4 Å². The lowest BCUT2D eigenvalue weighted by Crippen LogP contribution is -2.17. The first kappa shape index (κ1) is 11.3. The SMILES string of the molecule is CSC1(CNc2ccc(C(=O)O)cc2)CC1. The maximum absolute atomic E-state index is 10.7. The van der Waals surface area contributed by atoms with E-state index in [4.69, 9.17) is 5.11 Å². The Bertz CT molecular complexity index is 385. The summed E-state index contributed by atoms with van der Waals surface area (Å²) in [5.41, 5.74) is 1.32. The summed E-state index contributed by atoms with van der Waals surface area (Å²) in [4.78, 5) is 10.7. The number of thioether (sulfide) groups is 1. The summed E-state index contributed by atoms with van der Waals surface area (Å²) >= 11 is 1.91. The molecule has 86 valence electrons. The molecule has 1 saturated carbocycles. The average molecular weight is 237 g/mol. The zero-order chi connectivity index (χ0) is 11.6. The van der Waals surface area contributed by atoms with Crippen LogP contribution in [-0.4, -0.2) is 28.6 Å². The van der Waals surface area contributed by atoms with Crippen molar-refractivity contribution in [2.24, 2.45) is 0 Å². The Morgan fingerprint density at radius 1 is 1.44 bits per heavy atom. The van der Waals surface area contributed by atoms with Gasteiger partial charge < -0.3 is 10.4 Å². The molecule has 0 saturated heterocycles. The van der Waals surface area contributed by atoms with E-state index >= 15 is 0 Å². The van der Waals surface area contributed by atoms with Crippen molar-refractivity contribution >= 4 is 23.4 Å². The molecule has 3 nitrogen and oxygen atoms in total. The van der Waals surface area contributed by atoms with Gasteiger partial charge in [0.25, 0.3) is 0 Å². The van der Waals surface area contributed by atoms with Crippen molar-refractivity contribution in [3.05, 3.63) is 29.8 Å². The molecule has 1 aliphatic rings.